The predicted molar refractivity (Wildman–Crippen MR) is 95.0 cm³/mol. The highest BCUT2D eigenvalue weighted by Gasteiger charge is 2.25. The van der Waals surface area contributed by atoms with Crippen LogP contribution >= 0.6 is 15.9 Å². The van der Waals surface area contributed by atoms with Crippen LogP contribution in [0.5, 0.6) is 0 Å². The number of hydrogen-bond donors (Lipinski definition) is 1. The van der Waals surface area contributed by atoms with Crippen molar-refractivity contribution in [2.45, 2.75) is 45.3 Å². The van der Waals surface area contributed by atoms with Crippen molar-refractivity contribution in [3.8, 4) is 0 Å². The molecule has 1 unspecified atom stereocenters. The fourth-order valence-electron chi connectivity index (χ4n) is 2.96. The first-order valence-electron chi connectivity index (χ1n) is 7.90. The van der Waals surface area contributed by atoms with Gasteiger partial charge in [-0.05, 0) is 44.6 Å². The van der Waals surface area contributed by atoms with E-state index >= 15 is 0 Å². The minimum atomic E-state index is 0.514. The van der Waals surface area contributed by atoms with Crippen molar-refractivity contribution < 1.29 is 0 Å². The molecule has 21 heavy (non-hydrogen) atoms. The summed E-state index contributed by atoms with van der Waals surface area (Å²) in [7, 11) is 4.32. The second kappa shape index (κ2) is 7.61. The molecule has 0 aliphatic carbocycles. The van der Waals surface area contributed by atoms with Crippen LogP contribution in [0.15, 0.2) is 22.7 Å². The smallest absolute Gasteiger partial charge is 0.0417 e. The molecule has 0 bridgehead atoms. The normalized spacial score (nSPS) is 19.0. The van der Waals surface area contributed by atoms with Crippen LogP contribution in [0.25, 0.3) is 0 Å². The zero-order valence-electron chi connectivity index (χ0n) is 13.7. The first-order chi connectivity index (χ1) is 9.97. The maximum atomic E-state index is 3.74. The Labute approximate surface area is 137 Å². The van der Waals surface area contributed by atoms with E-state index < -0.39 is 0 Å². The summed E-state index contributed by atoms with van der Waals surface area (Å²) < 4.78 is 1.21. The average Bonchev–Trinajstić information content (AvgIpc) is 2.84. The van der Waals surface area contributed by atoms with Crippen LogP contribution in [-0.4, -0.2) is 44.2 Å². The molecule has 0 radical (unpaired) electrons. The lowest BCUT2D eigenvalue weighted by molar-refractivity contribution is 0.372. The van der Waals surface area contributed by atoms with E-state index in [-0.39, 0.29) is 0 Å². The van der Waals surface area contributed by atoms with Gasteiger partial charge >= 0.3 is 0 Å². The Hall–Kier alpha value is -0.580. The van der Waals surface area contributed by atoms with Crippen LogP contribution in [0.2, 0.25) is 0 Å². The van der Waals surface area contributed by atoms with Crippen molar-refractivity contribution in [3.05, 3.63) is 28.2 Å². The molecule has 1 aromatic carbocycles. The summed E-state index contributed by atoms with van der Waals surface area (Å²) in [6, 6.07) is 7.97. The SMILES string of the molecule is CC(C)NCc1ccc(N2CCCC2CN(C)C)cc1Br. The third kappa shape index (κ3) is 4.70. The lowest BCUT2D eigenvalue weighted by Crippen LogP contribution is -2.37. The minimum absolute atomic E-state index is 0.514. The molecule has 0 aromatic heterocycles. The summed E-state index contributed by atoms with van der Waals surface area (Å²) in [5.41, 5.74) is 2.68. The quantitative estimate of drug-likeness (QED) is 0.844. The molecule has 118 valence electrons. The molecule has 1 fully saturated rings. The Balaban J connectivity index is 2.08. The standard InChI is InChI=1S/C17H28BrN3/c1-13(2)19-11-14-7-8-15(10-17(14)18)21-9-5-6-16(21)12-20(3)4/h7-8,10,13,16,19H,5-6,9,11-12H2,1-4H3. The molecule has 0 saturated carbocycles. The van der Waals surface area contributed by atoms with Gasteiger partial charge in [-0.1, -0.05) is 35.8 Å². The van der Waals surface area contributed by atoms with Crippen LogP contribution in [0.4, 0.5) is 5.69 Å². The second-order valence-electron chi connectivity index (χ2n) is 6.56. The van der Waals surface area contributed by atoms with Crippen molar-refractivity contribution >= 4 is 21.6 Å². The molecular weight excluding hydrogens is 326 g/mol. The first-order valence-corrected chi connectivity index (χ1v) is 8.70. The van der Waals surface area contributed by atoms with Gasteiger partial charge in [0, 0.05) is 41.9 Å². The highest BCUT2D eigenvalue weighted by Crippen LogP contribution is 2.30. The van der Waals surface area contributed by atoms with Crippen molar-refractivity contribution in [1.29, 1.82) is 0 Å². The van der Waals surface area contributed by atoms with Gasteiger partial charge in [0.15, 0.2) is 0 Å². The van der Waals surface area contributed by atoms with E-state index in [1.807, 2.05) is 0 Å². The van der Waals surface area contributed by atoms with Gasteiger partial charge < -0.3 is 15.1 Å². The van der Waals surface area contributed by atoms with Crippen molar-refractivity contribution in [2.24, 2.45) is 0 Å². The summed E-state index contributed by atoms with van der Waals surface area (Å²) in [6.45, 7) is 7.58. The van der Waals surface area contributed by atoms with Gasteiger partial charge in [-0.25, -0.2) is 0 Å². The Morgan fingerprint density at radius 3 is 2.76 bits per heavy atom. The summed E-state index contributed by atoms with van der Waals surface area (Å²) in [6.07, 6.45) is 2.60. The molecule has 4 heteroatoms. The van der Waals surface area contributed by atoms with Gasteiger partial charge in [0.05, 0.1) is 0 Å². The second-order valence-corrected chi connectivity index (χ2v) is 7.42. The van der Waals surface area contributed by atoms with Crippen LogP contribution in [-0.2, 0) is 6.54 Å². The maximum Gasteiger partial charge on any atom is 0.0417 e. The van der Waals surface area contributed by atoms with Crippen LogP contribution in [0, 0.1) is 0 Å². The molecule has 0 spiro atoms. The Morgan fingerprint density at radius 2 is 2.14 bits per heavy atom. The predicted octanol–water partition coefficient (Wildman–Crippen LogP) is 3.48. The molecule has 1 N–H and O–H groups in total. The molecule has 0 amide bonds. The molecule has 1 aromatic rings. The summed E-state index contributed by atoms with van der Waals surface area (Å²) >= 11 is 3.74. The largest absolute Gasteiger partial charge is 0.367 e. The van der Waals surface area contributed by atoms with Crippen molar-refractivity contribution in [2.75, 3.05) is 32.1 Å². The number of nitrogens with zero attached hydrogens (tertiary/aromatic N) is 2. The molecule has 1 atom stereocenters. The fraction of sp³-hybridized carbons (Fsp3) is 0.647. The molecule has 1 aliphatic heterocycles. The number of nitrogens with one attached hydrogen (secondary N) is 1. The van der Waals surface area contributed by atoms with Crippen LogP contribution in [0.3, 0.4) is 0 Å². The third-order valence-corrected chi connectivity index (χ3v) is 4.76. The number of halogens is 1. The van der Waals surface area contributed by atoms with Gasteiger partial charge in [-0.3, -0.25) is 0 Å². The van der Waals surface area contributed by atoms with Crippen LogP contribution in [0.1, 0.15) is 32.3 Å². The zero-order valence-corrected chi connectivity index (χ0v) is 15.3. The number of benzene rings is 1. The number of rotatable bonds is 6. The van der Waals surface area contributed by atoms with E-state index in [4.69, 9.17) is 0 Å². The zero-order chi connectivity index (χ0) is 15.4. The highest BCUT2D eigenvalue weighted by molar-refractivity contribution is 9.10. The van der Waals surface area contributed by atoms with Crippen molar-refractivity contribution in [3.63, 3.8) is 0 Å². The number of likely N-dealkylation sites (N-methyl/N-ethyl adjacent to an activating group) is 1. The Morgan fingerprint density at radius 1 is 1.38 bits per heavy atom. The summed E-state index contributed by atoms with van der Waals surface area (Å²) in [5, 5.41) is 3.48. The van der Waals surface area contributed by atoms with Gasteiger partial charge in [0.25, 0.3) is 0 Å². The average molecular weight is 354 g/mol. The van der Waals surface area contributed by atoms with Gasteiger partial charge in [0.2, 0.25) is 0 Å². The minimum Gasteiger partial charge on any atom is -0.367 e. The highest BCUT2D eigenvalue weighted by atomic mass is 79.9. The van der Waals surface area contributed by atoms with Gasteiger partial charge in [-0.2, -0.15) is 0 Å². The summed E-state index contributed by atoms with van der Waals surface area (Å²) in [4.78, 5) is 4.85. The topological polar surface area (TPSA) is 18.5 Å². The number of anilines is 1. The van der Waals surface area contributed by atoms with Gasteiger partial charge in [0.1, 0.15) is 0 Å². The van der Waals surface area contributed by atoms with E-state index in [0.29, 0.717) is 12.1 Å². The molecular formula is C17H28BrN3. The number of hydrogen-bond acceptors (Lipinski definition) is 3. The molecule has 1 heterocycles. The lowest BCUT2D eigenvalue weighted by atomic mass is 10.1. The Kier molecular flexibility index (Phi) is 6.08. The monoisotopic (exact) mass is 353 g/mol. The van der Waals surface area contributed by atoms with E-state index in [1.54, 1.807) is 0 Å². The molecule has 2 rings (SSSR count). The fourth-order valence-corrected chi connectivity index (χ4v) is 3.47. The van der Waals surface area contributed by atoms with E-state index in [1.165, 1.54) is 35.1 Å². The van der Waals surface area contributed by atoms with Crippen molar-refractivity contribution in [1.82, 2.24) is 10.2 Å². The molecule has 3 nitrogen and oxygen atoms in total. The lowest BCUT2D eigenvalue weighted by Gasteiger charge is -2.29. The Bertz CT molecular complexity index is 459. The molecule has 1 aliphatic rings. The van der Waals surface area contributed by atoms with E-state index in [2.05, 4.69) is 77.2 Å². The first kappa shape index (κ1) is 16.8. The van der Waals surface area contributed by atoms with E-state index in [9.17, 15) is 0 Å². The van der Waals surface area contributed by atoms with E-state index in [0.717, 1.165) is 13.1 Å². The van der Waals surface area contributed by atoms with Crippen LogP contribution < -0.4 is 10.2 Å². The maximum absolute atomic E-state index is 3.74. The van der Waals surface area contributed by atoms with Gasteiger partial charge in [-0.15, -0.1) is 0 Å². The molecule has 1 saturated heterocycles. The third-order valence-electron chi connectivity index (χ3n) is 4.02. The summed E-state index contributed by atoms with van der Waals surface area (Å²) in [5.74, 6) is 0.